The van der Waals surface area contributed by atoms with Gasteiger partial charge in [-0.25, -0.2) is 0 Å². The molecule has 2 aromatic rings. The third-order valence-corrected chi connectivity index (χ3v) is 6.56. The van der Waals surface area contributed by atoms with E-state index in [0.29, 0.717) is 18.9 Å². The molecule has 0 radical (unpaired) electrons. The smallest absolute Gasteiger partial charge is 0.242 e. The second-order valence-electron chi connectivity index (χ2n) is 8.43. The summed E-state index contributed by atoms with van der Waals surface area (Å²) in [5.74, 6) is 0.604. The number of aromatic nitrogens is 1. The van der Waals surface area contributed by atoms with Gasteiger partial charge in [0.25, 0.3) is 0 Å². The van der Waals surface area contributed by atoms with Crippen LogP contribution in [0.1, 0.15) is 30.7 Å². The molecule has 1 saturated carbocycles. The summed E-state index contributed by atoms with van der Waals surface area (Å²) in [4.78, 5) is 32.9. The van der Waals surface area contributed by atoms with Crippen molar-refractivity contribution in [2.24, 2.45) is 5.92 Å². The molecule has 3 heterocycles. The van der Waals surface area contributed by atoms with Gasteiger partial charge in [0.05, 0.1) is 25.2 Å². The number of hydrogen-bond donors (Lipinski definition) is 1. The molecule has 6 nitrogen and oxygen atoms in total. The lowest BCUT2D eigenvalue weighted by Gasteiger charge is -2.58. The maximum atomic E-state index is 12.7. The van der Waals surface area contributed by atoms with E-state index in [1.165, 1.54) is 0 Å². The SMILES string of the molecule is O=C(CC1CC1)N1CC(=O)N2[C@H](CO)[C@H](c3ccc(-c4cccnc4)cc3)[C@@H]2C1. The van der Waals surface area contributed by atoms with Crippen LogP contribution in [0.2, 0.25) is 0 Å². The summed E-state index contributed by atoms with van der Waals surface area (Å²) < 4.78 is 0. The van der Waals surface area contributed by atoms with Gasteiger partial charge in [0, 0.05) is 31.3 Å². The average Bonchev–Trinajstić information content (AvgIpc) is 3.54. The Morgan fingerprint density at radius 3 is 2.59 bits per heavy atom. The van der Waals surface area contributed by atoms with Gasteiger partial charge in [-0.05, 0) is 41.5 Å². The molecule has 1 aliphatic carbocycles. The number of carbonyl (C=O) groups excluding carboxylic acids is 2. The Labute approximate surface area is 170 Å². The van der Waals surface area contributed by atoms with Crippen LogP contribution in [0.4, 0.5) is 0 Å². The van der Waals surface area contributed by atoms with Crippen LogP contribution in [0.5, 0.6) is 0 Å². The minimum absolute atomic E-state index is 0.0448. The van der Waals surface area contributed by atoms with E-state index in [2.05, 4.69) is 29.2 Å². The van der Waals surface area contributed by atoms with Crippen molar-refractivity contribution in [2.45, 2.75) is 37.3 Å². The molecular formula is C23H25N3O3. The Morgan fingerprint density at radius 1 is 1.14 bits per heavy atom. The second-order valence-corrected chi connectivity index (χ2v) is 8.43. The normalized spacial score (nSPS) is 26.1. The van der Waals surface area contributed by atoms with Crippen LogP contribution in [0.25, 0.3) is 11.1 Å². The minimum Gasteiger partial charge on any atom is -0.394 e. The van der Waals surface area contributed by atoms with Crippen molar-refractivity contribution in [3.8, 4) is 11.1 Å². The monoisotopic (exact) mass is 391 g/mol. The lowest BCUT2D eigenvalue weighted by atomic mass is 9.73. The zero-order chi connectivity index (χ0) is 20.0. The van der Waals surface area contributed by atoms with Crippen molar-refractivity contribution < 1.29 is 14.7 Å². The molecule has 0 unspecified atom stereocenters. The van der Waals surface area contributed by atoms with Crippen LogP contribution in [0.3, 0.4) is 0 Å². The first kappa shape index (κ1) is 18.3. The number of fused-ring (bicyclic) bond motifs is 1. The predicted molar refractivity (Wildman–Crippen MR) is 108 cm³/mol. The Kier molecular flexibility index (Phi) is 4.59. The van der Waals surface area contributed by atoms with Gasteiger partial charge >= 0.3 is 0 Å². The number of piperazine rings is 1. The van der Waals surface area contributed by atoms with Crippen molar-refractivity contribution in [1.29, 1.82) is 0 Å². The van der Waals surface area contributed by atoms with Crippen molar-refractivity contribution in [3.05, 3.63) is 54.4 Å². The molecule has 1 aromatic heterocycles. The third kappa shape index (κ3) is 3.31. The molecule has 3 aliphatic rings. The first-order chi connectivity index (χ1) is 14.2. The highest BCUT2D eigenvalue weighted by Crippen LogP contribution is 2.43. The van der Waals surface area contributed by atoms with E-state index >= 15 is 0 Å². The Morgan fingerprint density at radius 2 is 1.93 bits per heavy atom. The molecular weight excluding hydrogens is 366 g/mol. The van der Waals surface area contributed by atoms with Crippen molar-refractivity contribution >= 4 is 11.8 Å². The molecule has 0 spiro atoms. The highest BCUT2D eigenvalue weighted by atomic mass is 16.3. The van der Waals surface area contributed by atoms with Gasteiger partial charge in [0.15, 0.2) is 0 Å². The van der Waals surface area contributed by atoms with E-state index in [1.807, 2.05) is 18.3 Å². The molecule has 2 amide bonds. The van der Waals surface area contributed by atoms with E-state index in [1.54, 1.807) is 16.0 Å². The average molecular weight is 391 g/mol. The van der Waals surface area contributed by atoms with Crippen LogP contribution in [0, 0.1) is 5.92 Å². The number of aliphatic hydroxyl groups excluding tert-OH is 1. The maximum absolute atomic E-state index is 12.7. The van der Waals surface area contributed by atoms with Gasteiger partial charge < -0.3 is 14.9 Å². The summed E-state index contributed by atoms with van der Waals surface area (Å²) in [5, 5.41) is 9.93. The summed E-state index contributed by atoms with van der Waals surface area (Å²) >= 11 is 0. The lowest BCUT2D eigenvalue weighted by molar-refractivity contribution is -0.167. The zero-order valence-electron chi connectivity index (χ0n) is 16.3. The molecule has 2 saturated heterocycles. The summed E-state index contributed by atoms with van der Waals surface area (Å²) in [7, 11) is 0. The Balaban J connectivity index is 1.36. The zero-order valence-corrected chi connectivity index (χ0v) is 16.3. The van der Waals surface area contributed by atoms with Crippen LogP contribution in [-0.4, -0.2) is 63.5 Å². The summed E-state index contributed by atoms with van der Waals surface area (Å²) in [5.41, 5.74) is 3.24. The van der Waals surface area contributed by atoms with E-state index in [0.717, 1.165) is 29.5 Å². The largest absolute Gasteiger partial charge is 0.394 e. The summed E-state index contributed by atoms with van der Waals surface area (Å²) in [6, 6.07) is 11.9. The first-order valence-corrected chi connectivity index (χ1v) is 10.4. The van der Waals surface area contributed by atoms with E-state index in [4.69, 9.17) is 0 Å². The number of rotatable bonds is 5. The molecule has 5 rings (SSSR count). The standard InChI is InChI=1S/C23H25N3O3/c27-14-20-23(17-7-5-16(6-8-17)18-2-1-9-24-11-18)19-12-25(13-22(29)26(19)20)21(28)10-15-3-4-15/h1-2,5-9,11,15,19-20,23,27H,3-4,10,12-14H2/t19-,20+,23+/m0/s1. The van der Waals surface area contributed by atoms with Gasteiger partial charge in [-0.3, -0.25) is 14.6 Å². The number of amides is 2. The van der Waals surface area contributed by atoms with Crippen LogP contribution in [0.15, 0.2) is 48.8 Å². The third-order valence-electron chi connectivity index (χ3n) is 6.56. The molecule has 2 aliphatic heterocycles. The lowest BCUT2D eigenvalue weighted by Crippen LogP contribution is -2.73. The Bertz CT molecular complexity index is 911. The first-order valence-electron chi connectivity index (χ1n) is 10.4. The fourth-order valence-corrected chi connectivity index (χ4v) is 4.82. The van der Waals surface area contributed by atoms with Crippen LogP contribution < -0.4 is 0 Å². The van der Waals surface area contributed by atoms with Crippen molar-refractivity contribution in [2.75, 3.05) is 19.7 Å². The van der Waals surface area contributed by atoms with Gasteiger partial charge in [0.1, 0.15) is 0 Å². The maximum Gasteiger partial charge on any atom is 0.242 e. The topological polar surface area (TPSA) is 73.7 Å². The quantitative estimate of drug-likeness (QED) is 0.847. The van der Waals surface area contributed by atoms with Gasteiger partial charge in [-0.2, -0.15) is 0 Å². The highest BCUT2D eigenvalue weighted by molar-refractivity contribution is 5.88. The summed E-state index contributed by atoms with van der Waals surface area (Å²) in [6.45, 7) is 0.640. The summed E-state index contributed by atoms with van der Waals surface area (Å²) in [6.07, 6.45) is 6.40. The molecule has 3 atom stereocenters. The molecule has 1 N–H and O–H groups in total. The molecule has 150 valence electrons. The number of aliphatic hydroxyl groups is 1. The van der Waals surface area contributed by atoms with Crippen LogP contribution >= 0.6 is 0 Å². The molecule has 0 bridgehead atoms. The number of nitrogens with zero attached hydrogens (tertiary/aromatic N) is 3. The predicted octanol–water partition coefficient (Wildman–Crippen LogP) is 2.05. The number of hydrogen-bond acceptors (Lipinski definition) is 4. The number of benzene rings is 1. The van der Waals surface area contributed by atoms with Crippen molar-refractivity contribution in [3.63, 3.8) is 0 Å². The second kappa shape index (κ2) is 7.26. The van der Waals surface area contributed by atoms with E-state index in [-0.39, 0.29) is 43.0 Å². The fourth-order valence-electron chi connectivity index (χ4n) is 4.82. The van der Waals surface area contributed by atoms with Gasteiger partial charge in [-0.1, -0.05) is 30.3 Å². The number of carbonyl (C=O) groups is 2. The molecule has 1 aromatic carbocycles. The van der Waals surface area contributed by atoms with Crippen LogP contribution in [-0.2, 0) is 9.59 Å². The van der Waals surface area contributed by atoms with E-state index < -0.39 is 0 Å². The highest BCUT2D eigenvalue weighted by Gasteiger charge is 2.54. The van der Waals surface area contributed by atoms with E-state index in [9.17, 15) is 14.7 Å². The van der Waals surface area contributed by atoms with Gasteiger partial charge in [0.2, 0.25) is 11.8 Å². The molecule has 3 fully saturated rings. The number of pyridine rings is 1. The molecule has 6 heteroatoms. The molecule has 29 heavy (non-hydrogen) atoms. The Hall–Kier alpha value is -2.73. The van der Waals surface area contributed by atoms with Gasteiger partial charge in [-0.15, -0.1) is 0 Å². The minimum atomic E-state index is -0.211. The fraction of sp³-hybridized carbons (Fsp3) is 0.435. The van der Waals surface area contributed by atoms with Crippen molar-refractivity contribution in [1.82, 2.24) is 14.8 Å².